The number of aromatic hydroxyl groups is 1. The van der Waals surface area contributed by atoms with Crippen molar-refractivity contribution in [2.45, 2.75) is 51.2 Å². The van der Waals surface area contributed by atoms with Crippen molar-refractivity contribution < 1.29 is 19.3 Å². The Kier molecular flexibility index (Phi) is 3.79. The summed E-state index contributed by atoms with van der Waals surface area (Å²) < 4.78 is 18.2. The second-order valence-corrected chi connectivity index (χ2v) is 9.17. The summed E-state index contributed by atoms with van der Waals surface area (Å²) in [4.78, 5) is 0. The Labute approximate surface area is 171 Å². The SMILES string of the molecule is CC1(C)C=Cc2c(ccc([C@H]3COc4c(ccc5c4C=CC(C)(C)O5)C3)c2O)O1. The first-order valence-electron chi connectivity index (χ1n) is 10.1. The Bertz CT molecular complexity index is 1060. The molecule has 0 saturated heterocycles. The van der Waals surface area contributed by atoms with E-state index in [0.717, 1.165) is 45.9 Å². The van der Waals surface area contributed by atoms with Crippen LogP contribution in [0.1, 0.15) is 55.9 Å². The largest absolute Gasteiger partial charge is 0.507 e. The van der Waals surface area contributed by atoms with E-state index in [2.05, 4.69) is 18.2 Å². The molecule has 0 saturated carbocycles. The van der Waals surface area contributed by atoms with Crippen LogP contribution in [0.3, 0.4) is 0 Å². The average molecular weight is 390 g/mol. The van der Waals surface area contributed by atoms with E-state index in [1.165, 1.54) is 0 Å². The first kappa shape index (κ1) is 18.2. The van der Waals surface area contributed by atoms with Gasteiger partial charge >= 0.3 is 0 Å². The van der Waals surface area contributed by atoms with Crippen LogP contribution in [0.2, 0.25) is 0 Å². The van der Waals surface area contributed by atoms with Gasteiger partial charge in [-0.05, 0) is 76.1 Å². The molecule has 29 heavy (non-hydrogen) atoms. The van der Waals surface area contributed by atoms with E-state index in [-0.39, 0.29) is 22.9 Å². The molecule has 3 heterocycles. The monoisotopic (exact) mass is 390 g/mol. The number of fused-ring (bicyclic) bond motifs is 4. The molecule has 1 N–H and O–H groups in total. The van der Waals surface area contributed by atoms with E-state index in [4.69, 9.17) is 14.2 Å². The molecule has 150 valence electrons. The molecule has 1 atom stereocenters. The smallest absolute Gasteiger partial charge is 0.133 e. The minimum Gasteiger partial charge on any atom is -0.507 e. The van der Waals surface area contributed by atoms with Gasteiger partial charge in [-0.25, -0.2) is 0 Å². The molecule has 0 unspecified atom stereocenters. The zero-order valence-electron chi connectivity index (χ0n) is 17.3. The van der Waals surface area contributed by atoms with Gasteiger partial charge in [0.15, 0.2) is 0 Å². The third kappa shape index (κ3) is 3.07. The van der Waals surface area contributed by atoms with Crippen LogP contribution in [0.15, 0.2) is 36.4 Å². The van der Waals surface area contributed by atoms with Crippen molar-refractivity contribution in [3.63, 3.8) is 0 Å². The van der Waals surface area contributed by atoms with Crippen molar-refractivity contribution in [1.82, 2.24) is 0 Å². The van der Waals surface area contributed by atoms with E-state index < -0.39 is 0 Å². The average Bonchev–Trinajstić information content (AvgIpc) is 2.66. The second-order valence-electron chi connectivity index (χ2n) is 9.17. The summed E-state index contributed by atoms with van der Waals surface area (Å²) in [5, 5.41) is 10.9. The first-order valence-corrected chi connectivity index (χ1v) is 10.1. The molecule has 2 aromatic rings. The lowest BCUT2D eigenvalue weighted by atomic mass is 9.86. The fraction of sp³-hybridized carbons (Fsp3) is 0.360. The molecule has 0 amide bonds. The maximum absolute atomic E-state index is 10.9. The zero-order valence-corrected chi connectivity index (χ0v) is 17.3. The van der Waals surface area contributed by atoms with Gasteiger partial charge < -0.3 is 19.3 Å². The van der Waals surface area contributed by atoms with Gasteiger partial charge in [-0.15, -0.1) is 0 Å². The predicted molar refractivity (Wildman–Crippen MR) is 114 cm³/mol. The standard InChI is InChI=1S/C25H26O4/c1-24(2)11-9-18-20(28-24)8-6-17(22(18)26)16-13-15-5-7-21-19(23(15)27-14-16)10-12-25(3,4)29-21/h5-12,16,26H,13-14H2,1-4H3/t16-/m1/s1. The molecule has 2 aromatic carbocycles. The van der Waals surface area contributed by atoms with Gasteiger partial charge in [0.1, 0.15) is 34.2 Å². The van der Waals surface area contributed by atoms with E-state index in [9.17, 15) is 5.11 Å². The van der Waals surface area contributed by atoms with Crippen LogP contribution in [-0.2, 0) is 6.42 Å². The molecule has 5 rings (SSSR count). The quantitative estimate of drug-likeness (QED) is 0.700. The van der Waals surface area contributed by atoms with Crippen molar-refractivity contribution in [3.05, 3.63) is 58.7 Å². The van der Waals surface area contributed by atoms with Gasteiger partial charge in [0, 0.05) is 11.5 Å². The topological polar surface area (TPSA) is 47.9 Å². The highest BCUT2D eigenvalue weighted by molar-refractivity contribution is 5.71. The fourth-order valence-corrected chi connectivity index (χ4v) is 4.30. The minimum absolute atomic E-state index is 0.0825. The molecule has 0 fully saturated rings. The molecular weight excluding hydrogens is 364 g/mol. The van der Waals surface area contributed by atoms with E-state index in [0.29, 0.717) is 6.61 Å². The predicted octanol–water partition coefficient (Wildman–Crippen LogP) is 5.48. The lowest BCUT2D eigenvalue weighted by Crippen LogP contribution is -2.28. The van der Waals surface area contributed by atoms with Crippen LogP contribution in [0.5, 0.6) is 23.0 Å². The normalized spacial score (nSPS) is 22.4. The Hall–Kier alpha value is -2.88. The molecule has 0 spiro atoms. The summed E-state index contributed by atoms with van der Waals surface area (Å²) in [6.45, 7) is 8.61. The molecular formula is C25H26O4. The summed E-state index contributed by atoms with van der Waals surface area (Å²) in [5.41, 5.74) is 3.12. The summed E-state index contributed by atoms with van der Waals surface area (Å²) >= 11 is 0. The maximum Gasteiger partial charge on any atom is 0.133 e. The summed E-state index contributed by atoms with van der Waals surface area (Å²) in [5.74, 6) is 2.84. The van der Waals surface area contributed by atoms with Gasteiger partial charge in [-0.2, -0.15) is 0 Å². The molecule has 0 aliphatic carbocycles. The van der Waals surface area contributed by atoms with Crippen LogP contribution < -0.4 is 14.2 Å². The number of hydrogen-bond acceptors (Lipinski definition) is 4. The van der Waals surface area contributed by atoms with Gasteiger partial charge in [0.2, 0.25) is 0 Å². The second kappa shape index (κ2) is 6.06. The van der Waals surface area contributed by atoms with Gasteiger partial charge in [0.25, 0.3) is 0 Å². The zero-order chi connectivity index (χ0) is 20.4. The fourth-order valence-electron chi connectivity index (χ4n) is 4.30. The molecule has 3 aliphatic rings. The van der Waals surface area contributed by atoms with Gasteiger partial charge in [-0.3, -0.25) is 0 Å². The van der Waals surface area contributed by atoms with Crippen LogP contribution in [0.25, 0.3) is 12.2 Å². The molecule has 4 heteroatoms. The van der Waals surface area contributed by atoms with E-state index in [1.807, 2.05) is 58.0 Å². The van der Waals surface area contributed by atoms with Gasteiger partial charge in [0.05, 0.1) is 17.7 Å². The molecule has 4 nitrogen and oxygen atoms in total. The van der Waals surface area contributed by atoms with Crippen molar-refractivity contribution in [1.29, 1.82) is 0 Å². The number of hydrogen-bond donors (Lipinski definition) is 1. The Morgan fingerprint density at radius 1 is 0.862 bits per heavy atom. The van der Waals surface area contributed by atoms with Crippen molar-refractivity contribution in [2.75, 3.05) is 6.61 Å². The highest BCUT2D eigenvalue weighted by Crippen LogP contribution is 2.46. The maximum atomic E-state index is 10.9. The summed E-state index contributed by atoms with van der Waals surface area (Å²) in [6.07, 6.45) is 8.90. The first-order chi connectivity index (χ1) is 13.7. The highest BCUT2D eigenvalue weighted by atomic mass is 16.5. The third-order valence-corrected chi connectivity index (χ3v) is 5.83. The van der Waals surface area contributed by atoms with Crippen LogP contribution >= 0.6 is 0 Å². The van der Waals surface area contributed by atoms with Crippen molar-refractivity contribution >= 4 is 12.2 Å². The number of phenols is 1. The number of rotatable bonds is 1. The third-order valence-electron chi connectivity index (χ3n) is 5.83. The lowest BCUT2D eigenvalue weighted by Gasteiger charge is -2.33. The van der Waals surface area contributed by atoms with E-state index >= 15 is 0 Å². The summed E-state index contributed by atoms with van der Waals surface area (Å²) in [7, 11) is 0. The molecule has 0 radical (unpaired) electrons. The Morgan fingerprint density at radius 3 is 2.21 bits per heavy atom. The van der Waals surface area contributed by atoms with Crippen LogP contribution in [-0.4, -0.2) is 22.9 Å². The number of phenolic OH excluding ortho intramolecular Hbond substituents is 1. The van der Waals surface area contributed by atoms with Crippen LogP contribution in [0.4, 0.5) is 0 Å². The lowest BCUT2D eigenvalue weighted by molar-refractivity contribution is 0.156. The Balaban J connectivity index is 1.47. The summed E-state index contributed by atoms with van der Waals surface area (Å²) in [6, 6.07) is 8.02. The van der Waals surface area contributed by atoms with Crippen molar-refractivity contribution in [2.24, 2.45) is 0 Å². The highest BCUT2D eigenvalue weighted by Gasteiger charge is 2.31. The van der Waals surface area contributed by atoms with Gasteiger partial charge in [-0.1, -0.05) is 12.1 Å². The number of benzene rings is 2. The molecule has 3 aliphatic heterocycles. The minimum atomic E-state index is -0.364. The molecule has 0 aromatic heterocycles. The van der Waals surface area contributed by atoms with E-state index in [1.54, 1.807) is 0 Å². The van der Waals surface area contributed by atoms with Crippen LogP contribution in [0, 0.1) is 0 Å². The molecule has 0 bridgehead atoms. The van der Waals surface area contributed by atoms with Crippen molar-refractivity contribution in [3.8, 4) is 23.0 Å². The Morgan fingerprint density at radius 2 is 1.48 bits per heavy atom. The number of ether oxygens (including phenoxy) is 3.